The lowest BCUT2D eigenvalue weighted by Gasteiger charge is -2.38. The molecular formula is C36H37FN4O3. The summed E-state index contributed by atoms with van der Waals surface area (Å²) in [5, 5.41) is 2.75. The van der Waals surface area contributed by atoms with Crippen molar-refractivity contribution < 1.29 is 18.8 Å². The molecule has 8 heteroatoms. The lowest BCUT2D eigenvalue weighted by atomic mass is 9.94. The summed E-state index contributed by atoms with van der Waals surface area (Å²) in [6.45, 7) is 4.61. The largest absolute Gasteiger partial charge is 0.367 e. The van der Waals surface area contributed by atoms with Crippen LogP contribution >= 0.6 is 0 Å². The number of hydrogen-bond acceptors (Lipinski definition) is 4. The first-order chi connectivity index (χ1) is 21.4. The Labute approximate surface area is 257 Å². The molecule has 226 valence electrons. The van der Waals surface area contributed by atoms with Crippen LogP contribution in [0, 0.1) is 5.82 Å². The number of halogens is 1. The Kier molecular flexibility index (Phi) is 9.69. The molecule has 0 aliphatic carbocycles. The third kappa shape index (κ3) is 6.97. The first kappa shape index (κ1) is 30.5. The second kappa shape index (κ2) is 14.0. The number of carbonyl (C=O) groups is 3. The van der Waals surface area contributed by atoms with Gasteiger partial charge < -0.3 is 20.0 Å². The fraction of sp³-hybridized carbons (Fsp3) is 0.250. The number of hydrogen-bond donors (Lipinski definition) is 1. The molecule has 5 rings (SSSR count). The molecule has 1 saturated heterocycles. The third-order valence-electron chi connectivity index (χ3n) is 8.05. The molecule has 44 heavy (non-hydrogen) atoms. The summed E-state index contributed by atoms with van der Waals surface area (Å²) in [6, 6.07) is 30.5. The van der Waals surface area contributed by atoms with Crippen LogP contribution in [0.25, 0.3) is 0 Å². The molecule has 3 amide bonds. The predicted molar refractivity (Wildman–Crippen MR) is 171 cm³/mol. The summed E-state index contributed by atoms with van der Waals surface area (Å²) in [5.74, 6) is -1.50. The Hall–Kier alpha value is -4.98. The van der Waals surface area contributed by atoms with Crippen molar-refractivity contribution in [2.45, 2.75) is 25.8 Å². The van der Waals surface area contributed by atoms with Crippen molar-refractivity contribution in [1.82, 2.24) is 9.80 Å². The van der Waals surface area contributed by atoms with E-state index in [1.54, 1.807) is 30.1 Å². The minimum atomic E-state index is -0.620. The number of anilines is 2. The fourth-order valence-corrected chi connectivity index (χ4v) is 5.67. The molecular weight excluding hydrogens is 555 g/mol. The van der Waals surface area contributed by atoms with Crippen LogP contribution in [0.1, 0.15) is 51.1 Å². The number of nitrogens with zero attached hydrogens (tertiary/aromatic N) is 3. The van der Waals surface area contributed by atoms with Crippen LogP contribution in [0.2, 0.25) is 0 Å². The van der Waals surface area contributed by atoms with Crippen molar-refractivity contribution in [2.75, 3.05) is 43.4 Å². The van der Waals surface area contributed by atoms with Crippen molar-refractivity contribution in [3.05, 3.63) is 131 Å². The van der Waals surface area contributed by atoms with E-state index >= 15 is 0 Å². The van der Waals surface area contributed by atoms with Crippen LogP contribution in [0.4, 0.5) is 15.8 Å². The zero-order valence-corrected chi connectivity index (χ0v) is 25.1. The molecule has 1 atom stereocenters. The molecule has 1 aliphatic rings. The molecule has 0 saturated carbocycles. The lowest BCUT2D eigenvalue weighted by Crippen LogP contribution is -2.50. The van der Waals surface area contributed by atoms with Crippen molar-refractivity contribution in [3.8, 4) is 0 Å². The van der Waals surface area contributed by atoms with Crippen LogP contribution in [-0.2, 0) is 11.3 Å². The molecule has 0 radical (unpaired) electrons. The normalized spacial score (nSPS) is 13.7. The van der Waals surface area contributed by atoms with Crippen LogP contribution in [0.3, 0.4) is 0 Å². The molecule has 7 nitrogen and oxygen atoms in total. The van der Waals surface area contributed by atoms with Crippen molar-refractivity contribution in [3.63, 3.8) is 0 Å². The third-order valence-corrected chi connectivity index (χ3v) is 8.05. The van der Waals surface area contributed by atoms with Gasteiger partial charge in [0.1, 0.15) is 5.82 Å². The Morgan fingerprint density at radius 2 is 1.45 bits per heavy atom. The molecule has 0 bridgehead atoms. The van der Waals surface area contributed by atoms with Gasteiger partial charge in [-0.2, -0.15) is 0 Å². The maximum Gasteiger partial charge on any atom is 0.258 e. The molecule has 0 unspecified atom stereocenters. The first-order valence-electron chi connectivity index (χ1n) is 14.9. The van der Waals surface area contributed by atoms with E-state index in [0.29, 0.717) is 44.0 Å². The van der Waals surface area contributed by atoms with E-state index in [1.165, 1.54) is 18.2 Å². The van der Waals surface area contributed by atoms with Gasteiger partial charge in [-0.1, -0.05) is 79.7 Å². The Morgan fingerprint density at radius 1 is 0.818 bits per heavy atom. The molecule has 4 aromatic rings. The molecule has 0 spiro atoms. The topological polar surface area (TPSA) is 73.0 Å². The van der Waals surface area contributed by atoms with Crippen molar-refractivity contribution in [1.29, 1.82) is 0 Å². The SMILES string of the molecule is CC[C@@H](C(=O)N1CCN(c2ccc(NC(=O)c3ccccc3F)cc2C(=O)N(C)Cc2ccccc2)CC1)c1ccccc1. The Bertz CT molecular complexity index is 1600. The second-order valence-electron chi connectivity index (χ2n) is 11.0. The molecule has 0 aromatic heterocycles. The van der Waals surface area contributed by atoms with Gasteiger partial charge in [0.05, 0.1) is 17.0 Å². The Balaban J connectivity index is 1.37. The van der Waals surface area contributed by atoms with E-state index in [2.05, 4.69) is 10.2 Å². The van der Waals surface area contributed by atoms with E-state index in [9.17, 15) is 18.8 Å². The van der Waals surface area contributed by atoms with Gasteiger partial charge in [-0.25, -0.2) is 4.39 Å². The van der Waals surface area contributed by atoms with Crippen molar-refractivity contribution >= 4 is 29.1 Å². The maximum absolute atomic E-state index is 14.3. The molecule has 1 heterocycles. The summed E-state index contributed by atoms with van der Waals surface area (Å²) in [6.07, 6.45) is 0.718. The van der Waals surface area contributed by atoms with Gasteiger partial charge >= 0.3 is 0 Å². The lowest BCUT2D eigenvalue weighted by molar-refractivity contribution is -0.133. The maximum atomic E-state index is 14.3. The molecule has 4 aromatic carbocycles. The molecule has 1 N–H and O–H groups in total. The highest BCUT2D eigenvalue weighted by Gasteiger charge is 2.29. The van der Waals surface area contributed by atoms with Gasteiger partial charge in [-0.3, -0.25) is 14.4 Å². The minimum absolute atomic E-state index is 0.0766. The zero-order chi connectivity index (χ0) is 31.1. The number of nitrogens with one attached hydrogen (secondary N) is 1. The number of rotatable bonds is 9. The summed E-state index contributed by atoms with van der Waals surface area (Å²) in [5.41, 5.74) is 3.47. The minimum Gasteiger partial charge on any atom is -0.367 e. The van der Waals surface area contributed by atoms with E-state index in [-0.39, 0.29) is 23.3 Å². The smallest absolute Gasteiger partial charge is 0.258 e. The summed E-state index contributed by atoms with van der Waals surface area (Å²) < 4.78 is 14.3. The van der Waals surface area contributed by atoms with Gasteiger partial charge in [0.2, 0.25) is 5.91 Å². The summed E-state index contributed by atoms with van der Waals surface area (Å²) in [4.78, 5) is 45.9. The number of amides is 3. The quantitative estimate of drug-likeness (QED) is 0.252. The fourth-order valence-electron chi connectivity index (χ4n) is 5.67. The highest BCUT2D eigenvalue weighted by atomic mass is 19.1. The van der Waals surface area contributed by atoms with Gasteiger partial charge in [0.15, 0.2) is 0 Å². The van der Waals surface area contributed by atoms with E-state index in [0.717, 1.165) is 23.2 Å². The van der Waals surface area contributed by atoms with Crippen LogP contribution < -0.4 is 10.2 Å². The summed E-state index contributed by atoms with van der Waals surface area (Å²) in [7, 11) is 1.74. The van der Waals surface area contributed by atoms with E-state index in [4.69, 9.17) is 0 Å². The zero-order valence-electron chi connectivity index (χ0n) is 25.1. The number of piperazine rings is 1. The highest BCUT2D eigenvalue weighted by Crippen LogP contribution is 2.29. The standard InChI is InChI=1S/C36H37FN4O3/c1-3-29(27-14-8-5-9-15-27)36(44)41-22-20-40(21-23-41)33-19-18-28(38-34(42)30-16-10-11-17-32(30)37)24-31(33)35(43)39(2)25-26-12-6-4-7-13-26/h4-19,24,29H,3,20-23,25H2,1-2H3,(H,38,42)/t29-/m1/s1. The second-order valence-corrected chi connectivity index (χ2v) is 11.0. The molecule has 1 fully saturated rings. The van der Waals surface area contributed by atoms with Gasteiger partial charge in [-0.05, 0) is 47.9 Å². The van der Waals surface area contributed by atoms with E-state index < -0.39 is 11.7 Å². The predicted octanol–water partition coefficient (Wildman–Crippen LogP) is 6.19. The van der Waals surface area contributed by atoms with Gasteiger partial charge in [0, 0.05) is 51.1 Å². The monoisotopic (exact) mass is 592 g/mol. The van der Waals surface area contributed by atoms with Crippen LogP contribution in [-0.4, -0.2) is 60.7 Å². The Morgan fingerprint density at radius 3 is 2.11 bits per heavy atom. The summed E-state index contributed by atoms with van der Waals surface area (Å²) >= 11 is 0. The number of carbonyl (C=O) groups excluding carboxylic acids is 3. The van der Waals surface area contributed by atoms with Crippen LogP contribution in [0.15, 0.2) is 103 Å². The number of benzene rings is 4. The van der Waals surface area contributed by atoms with Crippen molar-refractivity contribution in [2.24, 2.45) is 0 Å². The average Bonchev–Trinajstić information content (AvgIpc) is 3.06. The van der Waals surface area contributed by atoms with Crippen LogP contribution in [0.5, 0.6) is 0 Å². The molecule has 1 aliphatic heterocycles. The van der Waals surface area contributed by atoms with Gasteiger partial charge in [-0.15, -0.1) is 0 Å². The first-order valence-corrected chi connectivity index (χ1v) is 14.9. The van der Waals surface area contributed by atoms with E-state index in [1.807, 2.05) is 78.6 Å². The average molecular weight is 593 g/mol. The van der Waals surface area contributed by atoms with Gasteiger partial charge in [0.25, 0.3) is 11.8 Å². The highest BCUT2D eigenvalue weighted by molar-refractivity contribution is 6.06.